The molecule has 1 saturated heterocycles. The number of ether oxygens (including phenoxy) is 2. The molecule has 1 fully saturated rings. The molecule has 0 radical (unpaired) electrons. The van der Waals surface area contributed by atoms with Crippen molar-refractivity contribution in [1.29, 1.82) is 0 Å². The summed E-state index contributed by atoms with van der Waals surface area (Å²) in [6, 6.07) is 0. The number of allylic oxidation sites excluding steroid dienone is 4. The van der Waals surface area contributed by atoms with Gasteiger partial charge in [-0.2, -0.15) is 0 Å². The smallest absolute Gasteiger partial charge is 0.0975 e. The third-order valence-electron chi connectivity index (χ3n) is 6.90. The van der Waals surface area contributed by atoms with Gasteiger partial charge in [0.25, 0.3) is 0 Å². The van der Waals surface area contributed by atoms with E-state index in [9.17, 15) is 0 Å². The molecule has 0 aromatic carbocycles. The van der Waals surface area contributed by atoms with Crippen LogP contribution in [0.15, 0.2) is 24.3 Å². The number of rotatable bonds is 24. The van der Waals surface area contributed by atoms with Crippen molar-refractivity contribution in [2.24, 2.45) is 0 Å². The highest BCUT2D eigenvalue weighted by Crippen LogP contribution is 2.17. The molecule has 2 atom stereocenters. The Morgan fingerprint density at radius 2 is 0.971 bits per heavy atom. The van der Waals surface area contributed by atoms with Crippen molar-refractivity contribution in [3.8, 4) is 0 Å². The Morgan fingerprint density at radius 3 is 1.50 bits per heavy atom. The fourth-order valence-electron chi connectivity index (χ4n) is 4.69. The van der Waals surface area contributed by atoms with Crippen molar-refractivity contribution in [1.82, 2.24) is 4.90 Å². The zero-order valence-electron chi connectivity index (χ0n) is 23.3. The van der Waals surface area contributed by atoms with Gasteiger partial charge >= 0.3 is 0 Å². The van der Waals surface area contributed by atoms with Crippen molar-refractivity contribution >= 4 is 0 Å². The third kappa shape index (κ3) is 18.7. The molecule has 3 heteroatoms. The predicted octanol–water partition coefficient (Wildman–Crippen LogP) is 8.88. The molecule has 1 rings (SSSR count). The highest BCUT2D eigenvalue weighted by atomic mass is 16.5. The van der Waals surface area contributed by atoms with Crippen LogP contribution in [0.5, 0.6) is 0 Å². The van der Waals surface area contributed by atoms with Gasteiger partial charge in [-0.15, -0.1) is 0 Å². The number of unbranched alkanes of at least 4 members (excludes halogenated alkanes) is 14. The summed E-state index contributed by atoms with van der Waals surface area (Å²) in [6.07, 6.45) is 33.3. The number of hydrogen-bond donors (Lipinski definition) is 0. The Bertz CT molecular complexity index is 476. The maximum Gasteiger partial charge on any atom is 0.0975 e. The van der Waals surface area contributed by atoms with Crippen LogP contribution in [0, 0.1) is 0 Å². The Labute approximate surface area is 213 Å². The van der Waals surface area contributed by atoms with Gasteiger partial charge in [0.2, 0.25) is 0 Å². The second-order valence-corrected chi connectivity index (χ2v) is 10.4. The van der Waals surface area contributed by atoms with Crippen molar-refractivity contribution in [3.63, 3.8) is 0 Å². The van der Waals surface area contributed by atoms with E-state index in [-0.39, 0.29) is 12.2 Å². The van der Waals surface area contributed by atoms with Gasteiger partial charge in [0, 0.05) is 26.3 Å². The van der Waals surface area contributed by atoms with Crippen LogP contribution in [-0.4, -0.2) is 50.5 Å². The van der Waals surface area contributed by atoms with Gasteiger partial charge in [-0.1, -0.05) is 109 Å². The van der Waals surface area contributed by atoms with Crippen LogP contribution in [0.3, 0.4) is 0 Å². The summed E-state index contributed by atoms with van der Waals surface area (Å²) in [4.78, 5) is 2.36. The molecule has 0 aliphatic carbocycles. The molecular formula is C31H59NO2. The monoisotopic (exact) mass is 477 g/mol. The molecule has 0 aromatic heterocycles. The van der Waals surface area contributed by atoms with E-state index in [1.807, 2.05) is 0 Å². The molecule has 0 N–H and O–H groups in total. The van der Waals surface area contributed by atoms with Gasteiger partial charge in [0.05, 0.1) is 12.2 Å². The van der Waals surface area contributed by atoms with Gasteiger partial charge in [0.1, 0.15) is 0 Å². The largest absolute Gasteiger partial charge is 0.374 e. The van der Waals surface area contributed by atoms with E-state index in [0.29, 0.717) is 0 Å². The fraction of sp³-hybridized carbons (Fsp3) is 0.871. The second kappa shape index (κ2) is 24.1. The lowest BCUT2D eigenvalue weighted by Gasteiger charge is -2.20. The molecule has 1 aliphatic rings. The van der Waals surface area contributed by atoms with Gasteiger partial charge in [-0.25, -0.2) is 0 Å². The number of likely N-dealkylation sites (tertiary alicyclic amines) is 1. The molecule has 1 unspecified atom stereocenters. The predicted molar refractivity (Wildman–Crippen MR) is 150 cm³/mol. The van der Waals surface area contributed by atoms with E-state index in [0.717, 1.165) is 32.7 Å². The lowest BCUT2D eigenvalue weighted by atomic mass is 10.1. The molecule has 1 heterocycles. The summed E-state index contributed by atoms with van der Waals surface area (Å²) in [6.45, 7) is 8.36. The molecule has 34 heavy (non-hydrogen) atoms. The zero-order valence-corrected chi connectivity index (χ0v) is 23.3. The van der Waals surface area contributed by atoms with E-state index in [1.54, 1.807) is 0 Å². The standard InChI is InChI=1S/C31H59NO2/c1-4-6-8-10-12-13-14-15-16-17-18-19-20-21-23-25-27-34-31-29-32(3)28-30(31)33-26-24-22-11-9-7-5-2/h12-13,15-16,30-31H,4-11,14,17-29H2,1-3H3/b13-12-,16-15-/t30-,31?/m0/s1. The Balaban J connectivity index is 1.91. The van der Waals surface area contributed by atoms with E-state index in [1.165, 1.54) is 109 Å². The first-order valence-electron chi connectivity index (χ1n) is 15.0. The summed E-state index contributed by atoms with van der Waals surface area (Å²) in [5, 5.41) is 0. The quantitative estimate of drug-likeness (QED) is 0.102. The molecule has 3 nitrogen and oxygen atoms in total. The van der Waals surface area contributed by atoms with Gasteiger partial charge in [0.15, 0.2) is 0 Å². The molecule has 0 amide bonds. The first kappa shape index (κ1) is 31.4. The minimum atomic E-state index is 0.267. The molecule has 0 spiro atoms. The highest BCUT2D eigenvalue weighted by Gasteiger charge is 2.32. The van der Waals surface area contributed by atoms with E-state index in [4.69, 9.17) is 9.47 Å². The van der Waals surface area contributed by atoms with Crippen LogP contribution in [0.4, 0.5) is 0 Å². The van der Waals surface area contributed by atoms with E-state index >= 15 is 0 Å². The minimum absolute atomic E-state index is 0.267. The van der Waals surface area contributed by atoms with Crippen molar-refractivity contribution < 1.29 is 9.47 Å². The summed E-state index contributed by atoms with van der Waals surface area (Å²) in [7, 11) is 2.19. The summed E-state index contributed by atoms with van der Waals surface area (Å²) in [5.41, 5.74) is 0. The second-order valence-electron chi connectivity index (χ2n) is 10.4. The average molecular weight is 478 g/mol. The Kier molecular flexibility index (Phi) is 22.2. The molecule has 200 valence electrons. The minimum Gasteiger partial charge on any atom is -0.374 e. The normalized spacial score (nSPS) is 19.3. The average Bonchev–Trinajstić information content (AvgIpc) is 3.19. The molecular weight excluding hydrogens is 418 g/mol. The third-order valence-corrected chi connectivity index (χ3v) is 6.90. The Morgan fingerprint density at radius 1 is 0.559 bits per heavy atom. The summed E-state index contributed by atoms with van der Waals surface area (Å²) >= 11 is 0. The van der Waals surface area contributed by atoms with Crippen molar-refractivity contribution in [2.45, 2.75) is 142 Å². The summed E-state index contributed by atoms with van der Waals surface area (Å²) in [5.74, 6) is 0. The van der Waals surface area contributed by atoms with Crippen molar-refractivity contribution in [3.05, 3.63) is 24.3 Å². The lowest BCUT2D eigenvalue weighted by Crippen LogP contribution is -2.30. The first-order chi connectivity index (χ1) is 16.8. The van der Waals surface area contributed by atoms with E-state index in [2.05, 4.69) is 50.1 Å². The maximum absolute atomic E-state index is 6.23. The highest BCUT2D eigenvalue weighted by molar-refractivity contribution is 4.92. The zero-order chi connectivity index (χ0) is 24.5. The molecule has 0 aromatic rings. The van der Waals surface area contributed by atoms with Gasteiger partial charge < -0.3 is 14.4 Å². The maximum atomic E-state index is 6.23. The fourth-order valence-corrected chi connectivity index (χ4v) is 4.69. The van der Waals surface area contributed by atoms with Gasteiger partial charge in [-0.05, 0) is 52.0 Å². The van der Waals surface area contributed by atoms with Crippen LogP contribution < -0.4 is 0 Å². The van der Waals surface area contributed by atoms with Crippen LogP contribution in [0.2, 0.25) is 0 Å². The van der Waals surface area contributed by atoms with E-state index < -0.39 is 0 Å². The van der Waals surface area contributed by atoms with Crippen LogP contribution in [0.1, 0.15) is 129 Å². The lowest BCUT2D eigenvalue weighted by molar-refractivity contribution is -0.0481. The van der Waals surface area contributed by atoms with Crippen LogP contribution >= 0.6 is 0 Å². The van der Waals surface area contributed by atoms with Crippen LogP contribution in [0.25, 0.3) is 0 Å². The van der Waals surface area contributed by atoms with Crippen molar-refractivity contribution in [2.75, 3.05) is 33.4 Å². The summed E-state index contributed by atoms with van der Waals surface area (Å²) < 4.78 is 12.4. The number of likely N-dealkylation sites (N-methyl/N-ethyl adjacent to an activating group) is 1. The van der Waals surface area contributed by atoms with Gasteiger partial charge in [-0.3, -0.25) is 0 Å². The molecule has 0 bridgehead atoms. The molecule has 0 saturated carbocycles. The number of hydrogen-bond acceptors (Lipinski definition) is 3. The number of nitrogens with zero attached hydrogens (tertiary/aromatic N) is 1. The van der Waals surface area contributed by atoms with Crippen LogP contribution in [-0.2, 0) is 9.47 Å². The Hall–Kier alpha value is -0.640. The SMILES string of the molecule is CCCCC/C=C\C/C=C\CCCCCCCCOC1CN(C)C[C@@H]1OCCCCCCCC. The molecule has 1 aliphatic heterocycles. The first-order valence-corrected chi connectivity index (χ1v) is 15.0. The topological polar surface area (TPSA) is 21.7 Å².